The van der Waals surface area contributed by atoms with E-state index in [4.69, 9.17) is 9.47 Å². The van der Waals surface area contributed by atoms with Crippen LogP contribution in [0.3, 0.4) is 0 Å². The van der Waals surface area contributed by atoms with E-state index in [1.165, 1.54) is 0 Å². The third-order valence-corrected chi connectivity index (χ3v) is 4.69. The van der Waals surface area contributed by atoms with Crippen molar-refractivity contribution in [2.24, 2.45) is 0 Å². The van der Waals surface area contributed by atoms with Gasteiger partial charge in [0.05, 0.1) is 20.3 Å². The number of benzene rings is 2. The van der Waals surface area contributed by atoms with Crippen molar-refractivity contribution in [1.29, 1.82) is 0 Å². The number of morpholine rings is 1. The van der Waals surface area contributed by atoms with Crippen molar-refractivity contribution in [3.8, 4) is 5.75 Å². The highest BCUT2D eigenvalue weighted by molar-refractivity contribution is 5.92. The SMILES string of the molecule is COc1ccccc1CCC(=O)Nc1cc(N2CCOCC2)ccc1C. The van der Waals surface area contributed by atoms with E-state index in [0.717, 1.165) is 54.6 Å². The van der Waals surface area contributed by atoms with Crippen molar-refractivity contribution in [3.05, 3.63) is 53.6 Å². The summed E-state index contributed by atoms with van der Waals surface area (Å²) in [5.74, 6) is 0.837. The van der Waals surface area contributed by atoms with Gasteiger partial charge in [0.1, 0.15) is 5.75 Å². The molecule has 1 fully saturated rings. The molecule has 0 aromatic heterocycles. The quantitative estimate of drug-likeness (QED) is 0.864. The molecule has 1 heterocycles. The van der Waals surface area contributed by atoms with Crippen molar-refractivity contribution in [1.82, 2.24) is 0 Å². The Bertz CT molecular complexity index is 755. The molecule has 5 nitrogen and oxygen atoms in total. The van der Waals surface area contributed by atoms with Crippen LogP contribution in [-0.4, -0.2) is 39.3 Å². The minimum absolute atomic E-state index is 0.0122. The van der Waals surface area contributed by atoms with Crippen LogP contribution < -0.4 is 15.0 Å². The largest absolute Gasteiger partial charge is 0.496 e. The van der Waals surface area contributed by atoms with E-state index >= 15 is 0 Å². The maximum absolute atomic E-state index is 12.4. The van der Waals surface area contributed by atoms with Gasteiger partial charge in [0.2, 0.25) is 5.91 Å². The number of hydrogen-bond acceptors (Lipinski definition) is 4. The Kier molecular flexibility index (Phi) is 6.12. The molecule has 0 saturated carbocycles. The molecule has 0 spiro atoms. The number of anilines is 2. The number of rotatable bonds is 6. The van der Waals surface area contributed by atoms with Gasteiger partial charge in [-0.1, -0.05) is 24.3 Å². The van der Waals surface area contributed by atoms with Crippen molar-refractivity contribution >= 4 is 17.3 Å². The lowest BCUT2D eigenvalue weighted by molar-refractivity contribution is -0.116. The summed E-state index contributed by atoms with van der Waals surface area (Å²) in [6, 6.07) is 14.0. The molecule has 1 aliphatic rings. The highest BCUT2D eigenvalue weighted by atomic mass is 16.5. The lowest BCUT2D eigenvalue weighted by atomic mass is 10.1. The van der Waals surface area contributed by atoms with Gasteiger partial charge in [0.25, 0.3) is 0 Å². The molecule has 26 heavy (non-hydrogen) atoms. The molecule has 1 aliphatic heterocycles. The standard InChI is InChI=1S/C21H26N2O3/c1-16-7-9-18(23-11-13-26-14-12-23)15-19(16)22-21(24)10-8-17-5-3-4-6-20(17)25-2/h3-7,9,15H,8,10-14H2,1-2H3,(H,22,24). The van der Waals surface area contributed by atoms with Gasteiger partial charge in [-0.3, -0.25) is 4.79 Å². The van der Waals surface area contributed by atoms with Crippen molar-refractivity contribution in [2.45, 2.75) is 19.8 Å². The number of methoxy groups -OCH3 is 1. The first-order chi connectivity index (χ1) is 12.7. The summed E-state index contributed by atoms with van der Waals surface area (Å²) in [6.07, 6.45) is 1.07. The van der Waals surface area contributed by atoms with E-state index in [1.807, 2.05) is 31.2 Å². The molecule has 1 saturated heterocycles. The maximum atomic E-state index is 12.4. The van der Waals surface area contributed by atoms with Gasteiger partial charge in [0, 0.05) is 30.9 Å². The van der Waals surface area contributed by atoms with Gasteiger partial charge < -0.3 is 19.7 Å². The molecule has 2 aromatic rings. The highest BCUT2D eigenvalue weighted by Crippen LogP contribution is 2.25. The average Bonchev–Trinajstić information content (AvgIpc) is 2.69. The topological polar surface area (TPSA) is 50.8 Å². The van der Waals surface area contributed by atoms with E-state index in [0.29, 0.717) is 12.8 Å². The summed E-state index contributed by atoms with van der Waals surface area (Å²) in [4.78, 5) is 14.7. The zero-order valence-electron chi connectivity index (χ0n) is 15.5. The number of nitrogens with one attached hydrogen (secondary N) is 1. The first-order valence-electron chi connectivity index (χ1n) is 9.02. The van der Waals surface area contributed by atoms with Gasteiger partial charge in [-0.25, -0.2) is 0 Å². The zero-order chi connectivity index (χ0) is 18.4. The second-order valence-corrected chi connectivity index (χ2v) is 6.46. The average molecular weight is 354 g/mol. The molecule has 1 N–H and O–H groups in total. The summed E-state index contributed by atoms with van der Waals surface area (Å²) in [5, 5.41) is 3.06. The molecule has 0 aliphatic carbocycles. The first kappa shape index (κ1) is 18.3. The minimum atomic E-state index is 0.0122. The Hall–Kier alpha value is -2.53. The summed E-state index contributed by atoms with van der Waals surface area (Å²) >= 11 is 0. The molecule has 2 aromatic carbocycles. The number of hydrogen-bond donors (Lipinski definition) is 1. The van der Waals surface area contributed by atoms with Gasteiger partial charge in [-0.2, -0.15) is 0 Å². The number of carbonyl (C=O) groups is 1. The first-order valence-corrected chi connectivity index (χ1v) is 9.02. The van der Waals surface area contributed by atoms with Crippen LogP contribution in [0.4, 0.5) is 11.4 Å². The maximum Gasteiger partial charge on any atom is 0.224 e. The third kappa shape index (κ3) is 4.55. The number of amides is 1. The molecular weight excluding hydrogens is 328 g/mol. The highest BCUT2D eigenvalue weighted by Gasteiger charge is 2.13. The summed E-state index contributed by atoms with van der Waals surface area (Å²) in [7, 11) is 1.65. The predicted octanol–water partition coefficient (Wildman–Crippen LogP) is 3.41. The number of aryl methyl sites for hydroxylation is 2. The molecule has 0 atom stereocenters. The van der Waals surface area contributed by atoms with E-state index in [9.17, 15) is 4.79 Å². The lowest BCUT2D eigenvalue weighted by Gasteiger charge is -2.29. The number of nitrogens with zero attached hydrogens (tertiary/aromatic N) is 1. The van der Waals surface area contributed by atoms with E-state index in [-0.39, 0.29) is 5.91 Å². The van der Waals surface area contributed by atoms with Crippen LogP contribution in [0.2, 0.25) is 0 Å². The smallest absolute Gasteiger partial charge is 0.224 e. The second-order valence-electron chi connectivity index (χ2n) is 6.46. The van der Waals surface area contributed by atoms with Crippen molar-refractivity contribution < 1.29 is 14.3 Å². The summed E-state index contributed by atoms with van der Waals surface area (Å²) in [5.41, 5.74) is 4.11. The second kappa shape index (κ2) is 8.72. The van der Waals surface area contributed by atoms with E-state index < -0.39 is 0 Å². The molecule has 3 rings (SSSR count). The molecule has 5 heteroatoms. The fourth-order valence-corrected chi connectivity index (χ4v) is 3.13. The fourth-order valence-electron chi connectivity index (χ4n) is 3.13. The van der Waals surface area contributed by atoms with Crippen LogP contribution in [0, 0.1) is 6.92 Å². The summed E-state index contributed by atoms with van der Waals surface area (Å²) < 4.78 is 10.8. The summed E-state index contributed by atoms with van der Waals surface area (Å²) in [6.45, 7) is 5.26. The predicted molar refractivity (Wildman–Crippen MR) is 104 cm³/mol. The zero-order valence-corrected chi connectivity index (χ0v) is 15.5. The Morgan fingerprint density at radius 1 is 1.19 bits per heavy atom. The monoisotopic (exact) mass is 354 g/mol. The van der Waals surface area contributed by atoms with E-state index in [1.54, 1.807) is 7.11 Å². The Morgan fingerprint density at radius 2 is 1.96 bits per heavy atom. The third-order valence-electron chi connectivity index (χ3n) is 4.69. The van der Waals surface area contributed by atoms with Crippen LogP contribution in [0.5, 0.6) is 5.75 Å². The van der Waals surface area contributed by atoms with Crippen LogP contribution in [-0.2, 0) is 16.0 Å². The van der Waals surface area contributed by atoms with Gasteiger partial charge >= 0.3 is 0 Å². The molecule has 0 radical (unpaired) electrons. The van der Waals surface area contributed by atoms with Gasteiger partial charge in [-0.15, -0.1) is 0 Å². The molecule has 1 amide bonds. The molecule has 138 valence electrons. The van der Waals surface area contributed by atoms with Crippen LogP contribution >= 0.6 is 0 Å². The van der Waals surface area contributed by atoms with Gasteiger partial charge in [-0.05, 0) is 42.7 Å². The normalized spacial score (nSPS) is 14.2. The van der Waals surface area contributed by atoms with Crippen molar-refractivity contribution in [3.63, 3.8) is 0 Å². The Balaban J connectivity index is 1.63. The lowest BCUT2D eigenvalue weighted by Crippen LogP contribution is -2.36. The Labute approximate surface area is 154 Å². The molecule has 0 unspecified atom stereocenters. The molecule has 0 bridgehead atoms. The minimum Gasteiger partial charge on any atom is -0.496 e. The van der Waals surface area contributed by atoms with Crippen LogP contribution in [0.1, 0.15) is 17.5 Å². The van der Waals surface area contributed by atoms with Gasteiger partial charge in [0.15, 0.2) is 0 Å². The van der Waals surface area contributed by atoms with E-state index in [2.05, 4.69) is 28.4 Å². The number of para-hydroxylation sites is 1. The Morgan fingerprint density at radius 3 is 2.73 bits per heavy atom. The number of carbonyl (C=O) groups excluding carboxylic acids is 1. The fraction of sp³-hybridized carbons (Fsp3) is 0.381. The number of ether oxygens (including phenoxy) is 2. The molecular formula is C21H26N2O3. The van der Waals surface area contributed by atoms with Crippen LogP contribution in [0.25, 0.3) is 0 Å². The van der Waals surface area contributed by atoms with Crippen LogP contribution in [0.15, 0.2) is 42.5 Å². The van der Waals surface area contributed by atoms with Crippen molar-refractivity contribution in [2.75, 3.05) is 43.6 Å².